The molecule has 0 saturated carbocycles. The summed E-state index contributed by atoms with van der Waals surface area (Å²) in [5.74, 6) is 0.237. The van der Waals surface area contributed by atoms with E-state index in [-0.39, 0.29) is 5.97 Å². The summed E-state index contributed by atoms with van der Waals surface area (Å²) in [6.07, 6.45) is 11.5. The van der Waals surface area contributed by atoms with Crippen LogP contribution in [0.2, 0.25) is 0 Å². The van der Waals surface area contributed by atoms with Crippen LogP contribution in [0.25, 0.3) is 0 Å². The number of hydrogen-bond acceptors (Lipinski definition) is 3. The standard InChI is InChI=1S/C22H36O3/c1-4-6-8-9-10-11-17-25-22(24)16-14-19-13-15-21(23)18(3)20(19)12-7-5-2/h13,15,23H,4-12,14,16-17H2,1-3H3. The molecule has 1 N–H and O–H groups in total. The number of rotatable bonds is 13. The maximum Gasteiger partial charge on any atom is 0.306 e. The molecular formula is C22H36O3. The first-order valence-electron chi connectivity index (χ1n) is 10.1. The molecule has 0 bridgehead atoms. The van der Waals surface area contributed by atoms with Crippen molar-refractivity contribution in [2.24, 2.45) is 0 Å². The molecule has 3 heteroatoms. The Balaban J connectivity index is 2.36. The number of hydrogen-bond donors (Lipinski definition) is 1. The summed E-state index contributed by atoms with van der Waals surface area (Å²) in [7, 11) is 0. The molecular weight excluding hydrogens is 312 g/mol. The van der Waals surface area contributed by atoms with Crippen LogP contribution in [-0.2, 0) is 22.4 Å². The van der Waals surface area contributed by atoms with Gasteiger partial charge in [0.1, 0.15) is 5.75 Å². The maximum absolute atomic E-state index is 12.0. The van der Waals surface area contributed by atoms with Crippen molar-refractivity contribution in [2.75, 3.05) is 6.61 Å². The minimum atomic E-state index is -0.110. The fourth-order valence-corrected chi connectivity index (χ4v) is 3.11. The van der Waals surface area contributed by atoms with Crippen molar-refractivity contribution in [3.63, 3.8) is 0 Å². The quantitative estimate of drug-likeness (QED) is 0.358. The molecule has 0 aliphatic carbocycles. The van der Waals surface area contributed by atoms with E-state index in [1.807, 2.05) is 13.0 Å². The Morgan fingerprint density at radius 1 is 0.960 bits per heavy atom. The van der Waals surface area contributed by atoms with Gasteiger partial charge in [0.05, 0.1) is 6.61 Å². The Labute approximate surface area is 153 Å². The van der Waals surface area contributed by atoms with E-state index in [9.17, 15) is 9.90 Å². The first kappa shape index (κ1) is 21.5. The normalized spacial score (nSPS) is 10.8. The topological polar surface area (TPSA) is 46.5 Å². The number of benzene rings is 1. The third-order valence-electron chi connectivity index (χ3n) is 4.81. The first-order chi connectivity index (χ1) is 12.1. The van der Waals surface area contributed by atoms with E-state index in [1.54, 1.807) is 6.07 Å². The zero-order valence-corrected chi connectivity index (χ0v) is 16.4. The summed E-state index contributed by atoms with van der Waals surface area (Å²) in [4.78, 5) is 12.0. The Morgan fingerprint density at radius 2 is 1.64 bits per heavy atom. The van der Waals surface area contributed by atoms with Crippen molar-refractivity contribution in [3.05, 3.63) is 28.8 Å². The van der Waals surface area contributed by atoms with Crippen LogP contribution in [0.15, 0.2) is 12.1 Å². The van der Waals surface area contributed by atoms with Crippen LogP contribution in [0.5, 0.6) is 5.75 Å². The van der Waals surface area contributed by atoms with E-state index < -0.39 is 0 Å². The van der Waals surface area contributed by atoms with Crippen molar-refractivity contribution in [2.45, 2.75) is 91.4 Å². The summed E-state index contributed by atoms with van der Waals surface area (Å²) in [5, 5.41) is 9.93. The Kier molecular flexibility index (Phi) is 11.0. The molecule has 0 unspecified atom stereocenters. The molecule has 0 aliphatic heterocycles. The fraction of sp³-hybridized carbons (Fsp3) is 0.682. The van der Waals surface area contributed by atoms with Gasteiger partial charge in [-0.1, -0.05) is 58.4 Å². The number of esters is 1. The Bertz CT molecular complexity index is 508. The van der Waals surface area contributed by atoms with Gasteiger partial charge in [0.25, 0.3) is 0 Å². The lowest BCUT2D eigenvalue weighted by atomic mass is 9.94. The van der Waals surface area contributed by atoms with Crippen LogP contribution in [0.3, 0.4) is 0 Å². The molecule has 0 heterocycles. The molecule has 0 atom stereocenters. The zero-order chi connectivity index (χ0) is 18.5. The van der Waals surface area contributed by atoms with Crippen LogP contribution in [-0.4, -0.2) is 17.7 Å². The third-order valence-corrected chi connectivity index (χ3v) is 4.81. The summed E-state index contributed by atoms with van der Waals surface area (Å²) in [5.41, 5.74) is 3.32. The number of unbranched alkanes of at least 4 members (excludes halogenated alkanes) is 6. The molecule has 0 saturated heterocycles. The maximum atomic E-state index is 12.0. The number of ether oxygens (including phenoxy) is 1. The smallest absolute Gasteiger partial charge is 0.306 e. The predicted octanol–water partition coefficient (Wildman–Crippen LogP) is 5.88. The largest absolute Gasteiger partial charge is 0.508 e. The number of carbonyl (C=O) groups excluding carboxylic acids is 1. The van der Waals surface area contributed by atoms with Gasteiger partial charge in [-0.05, 0) is 55.4 Å². The molecule has 1 aromatic rings. The number of phenolic OH excluding ortho intramolecular Hbond substituents is 1. The summed E-state index contributed by atoms with van der Waals surface area (Å²) in [6, 6.07) is 3.69. The third kappa shape index (κ3) is 8.42. The van der Waals surface area contributed by atoms with E-state index >= 15 is 0 Å². The van der Waals surface area contributed by atoms with Gasteiger partial charge in [-0.3, -0.25) is 4.79 Å². The van der Waals surface area contributed by atoms with Crippen molar-refractivity contribution in [3.8, 4) is 5.75 Å². The van der Waals surface area contributed by atoms with Gasteiger partial charge in [-0.15, -0.1) is 0 Å². The van der Waals surface area contributed by atoms with Gasteiger partial charge >= 0.3 is 5.97 Å². The molecule has 0 aromatic heterocycles. The lowest BCUT2D eigenvalue weighted by Gasteiger charge is -2.14. The SMILES string of the molecule is CCCCCCCCOC(=O)CCc1ccc(O)c(C)c1CCCC. The molecule has 0 amide bonds. The van der Waals surface area contributed by atoms with Gasteiger partial charge in [0.15, 0.2) is 0 Å². The van der Waals surface area contributed by atoms with E-state index in [0.717, 1.165) is 37.7 Å². The van der Waals surface area contributed by atoms with Crippen LogP contribution >= 0.6 is 0 Å². The minimum absolute atomic E-state index is 0.110. The minimum Gasteiger partial charge on any atom is -0.508 e. The van der Waals surface area contributed by atoms with Crippen LogP contribution < -0.4 is 0 Å². The Hall–Kier alpha value is -1.51. The molecule has 0 spiro atoms. The van der Waals surface area contributed by atoms with Crippen LogP contribution in [0.4, 0.5) is 0 Å². The summed E-state index contributed by atoms with van der Waals surface area (Å²) < 4.78 is 5.36. The highest BCUT2D eigenvalue weighted by atomic mass is 16.5. The molecule has 1 aromatic carbocycles. The molecule has 25 heavy (non-hydrogen) atoms. The van der Waals surface area contributed by atoms with E-state index in [4.69, 9.17) is 4.74 Å². The second-order valence-electron chi connectivity index (χ2n) is 6.94. The predicted molar refractivity (Wildman–Crippen MR) is 104 cm³/mol. The van der Waals surface area contributed by atoms with Gasteiger partial charge in [0, 0.05) is 6.42 Å². The lowest BCUT2D eigenvalue weighted by molar-refractivity contribution is -0.143. The highest BCUT2D eigenvalue weighted by Crippen LogP contribution is 2.26. The van der Waals surface area contributed by atoms with E-state index in [2.05, 4.69) is 13.8 Å². The van der Waals surface area contributed by atoms with Crippen molar-refractivity contribution >= 4 is 5.97 Å². The zero-order valence-electron chi connectivity index (χ0n) is 16.4. The van der Waals surface area contributed by atoms with Gasteiger partial charge in [-0.2, -0.15) is 0 Å². The molecule has 3 nitrogen and oxygen atoms in total. The van der Waals surface area contributed by atoms with Crippen LogP contribution in [0.1, 0.15) is 88.3 Å². The number of carbonyl (C=O) groups is 1. The average molecular weight is 349 g/mol. The highest BCUT2D eigenvalue weighted by Gasteiger charge is 2.11. The highest BCUT2D eigenvalue weighted by molar-refractivity contribution is 5.69. The second-order valence-corrected chi connectivity index (χ2v) is 6.94. The monoisotopic (exact) mass is 348 g/mol. The Morgan fingerprint density at radius 3 is 2.36 bits per heavy atom. The first-order valence-corrected chi connectivity index (χ1v) is 10.1. The number of aryl methyl sites for hydroxylation is 1. The lowest BCUT2D eigenvalue weighted by Crippen LogP contribution is -2.08. The number of phenols is 1. The summed E-state index contributed by atoms with van der Waals surface area (Å²) >= 11 is 0. The fourth-order valence-electron chi connectivity index (χ4n) is 3.11. The average Bonchev–Trinajstić information content (AvgIpc) is 2.61. The van der Waals surface area contributed by atoms with E-state index in [0.29, 0.717) is 25.2 Å². The van der Waals surface area contributed by atoms with Gasteiger partial charge < -0.3 is 9.84 Å². The van der Waals surface area contributed by atoms with Crippen molar-refractivity contribution in [1.82, 2.24) is 0 Å². The second kappa shape index (κ2) is 12.8. The molecule has 142 valence electrons. The molecule has 1 rings (SSSR count). The van der Waals surface area contributed by atoms with Crippen molar-refractivity contribution < 1.29 is 14.6 Å². The molecule has 0 fully saturated rings. The van der Waals surface area contributed by atoms with Gasteiger partial charge in [0.2, 0.25) is 0 Å². The number of aromatic hydroxyl groups is 1. The van der Waals surface area contributed by atoms with E-state index in [1.165, 1.54) is 36.8 Å². The summed E-state index contributed by atoms with van der Waals surface area (Å²) in [6.45, 7) is 6.88. The molecule has 0 aliphatic rings. The van der Waals surface area contributed by atoms with Gasteiger partial charge in [-0.25, -0.2) is 0 Å². The van der Waals surface area contributed by atoms with Crippen molar-refractivity contribution in [1.29, 1.82) is 0 Å². The van der Waals surface area contributed by atoms with Crippen LogP contribution in [0, 0.1) is 6.92 Å². The molecule has 0 radical (unpaired) electrons.